The Balaban J connectivity index is 1.98. The molecule has 0 radical (unpaired) electrons. The molecule has 0 bridgehead atoms. The van der Waals surface area contributed by atoms with Crippen LogP contribution in [0.3, 0.4) is 0 Å². The molecule has 0 aliphatic carbocycles. The molecule has 5 atom stereocenters. The summed E-state index contributed by atoms with van der Waals surface area (Å²) in [6.07, 6.45) is -14.1. The summed E-state index contributed by atoms with van der Waals surface area (Å²) in [5.41, 5.74) is -3.74. The molecule has 3 rings (SSSR count). The van der Waals surface area contributed by atoms with Crippen molar-refractivity contribution in [2.24, 2.45) is 0 Å². The topological polar surface area (TPSA) is 130 Å². The molecule has 1 saturated heterocycles. The highest BCUT2D eigenvalue weighted by atomic mass is 19.4. The van der Waals surface area contributed by atoms with E-state index < -0.39 is 71.6 Å². The number of hydrogen-bond acceptors (Lipinski definition) is 8. The first-order valence-corrected chi connectivity index (χ1v) is 8.37. The van der Waals surface area contributed by atoms with Gasteiger partial charge in [0.1, 0.15) is 35.7 Å². The van der Waals surface area contributed by atoms with E-state index in [0.29, 0.717) is 0 Å². The van der Waals surface area contributed by atoms with Gasteiger partial charge in [-0.25, -0.2) is 4.79 Å². The zero-order chi connectivity index (χ0) is 22.4. The smallest absolute Gasteiger partial charge is 0.458 e. The molecule has 8 nitrogen and oxygen atoms in total. The number of alkyl halides is 5. The average Bonchev–Trinajstić information content (AvgIpc) is 2.66. The Morgan fingerprint density at radius 2 is 1.67 bits per heavy atom. The van der Waals surface area contributed by atoms with E-state index >= 15 is 0 Å². The Bertz CT molecular complexity index is 973. The Morgan fingerprint density at radius 3 is 2.27 bits per heavy atom. The lowest BCUT2D eigenvalue weighted by Crippen LogP contribution is -2.60. The molecule has 166 valence electrons. The molecule has 0 saturated carbocycles. The molecule has 2 aromatic rings. The average molecular weight is 442 g/mol. The molecule has 0 unspecified atom stereocenters. The fraction of sp³-hybridized carbons (Fsp3) is 0.471. The maximum Gasteiger partial charge on any atom is 0.458 e. The molecule has 30 heavy (non-hydrogen) atoms. The van der Waals surface area contributed by atoms with Crippen molar-refractivity contribution in [3.63, 3.8) is 0 Å². The van der Waals surface area contributed by atoms with Crippen LogP contribution < -0.4 is 10.4 Å². The highest BCUT2D eigenvalue weighted by Gasteiger charge is 2.59. The third-order valence-corrected chi connectivity index (χ3v) is 4.51. The van der Waals surface area contributed by atoms with Crippen LogP contribution in [0.15, 0.2) is 33.5 Å². The van der Waals surface area contributed by atoms with Crippen molar-refractivity contribution >= 4 is 11.0 Å². The minimum atomic E-state index is -5.96. The summed E-state index contributed by atoms with van der Waals surface area (Å²) in [6, 6.07) is 2.58. The molecule has 1 aliphatic rings. The maximum absolute atomic E-state index is 13.8. The Labute approximate surface area is 163 Å². The summed E-state index contributed by atoms with van der Waals surface area (Å²) in [6.45, 7) is -0.743. The third-order valence-electron chi connectivity index (χ3n) is 4.51. The lowest BCUT2D eigenvalue weighted by molar-refractivity contribution is -0.288. The van der Waals surface area contributed by atoms with Gasteiger partial charge < -0.3 is 34.3 Å². The number of benzene rings is 1. The van der Waals surface area contributed by atoms with Crippen molar-refractivity contribution < 1.29 is 56.3 Å². The minimum absolute atomic E-state index is 0.0357. The van der Waals surface area contributed by atoms with Crippen LogP contribution >= 0.6 is 0 Å². The van der Waals surface area contributed by atoms with Crippen LogP contribution in [0.25, 0.3) is 11.0 Å². The van der Waals surface area contributed by atoms with Gasteiger partial charge in [-0.3, -0.25) is 0 Å². The fourth-order valence-corrected chi connectivity index (χ4v) is 2.93. The maximum atomic E-state index is 13.8. The van der Waals surface area contributed by atoms with E-state index in [1.54, 1.807) is 0 Å². The van der Waals surface area contributed by atoms with Crippen LogP contribution in [-0.4, -0.2) is 63.9 Å². The third kappa shape index (κ3) is 3.86. The number of ether oxygens (including phenoxy) is 2. The van der Waals surface area contributed by atoms with E-state index in [9.17, 15) is 42.1 Å². The standard InChI is InChI=1S/C17H15F5O8/c18-16(19,17(20,21)22)8-4-11(24)29-9-3-6(1-2-7(8)9)28-15-14(27)13(26)12(25)10(5-23)30-15/h1-4,10,12-15,23,25-27H,5H2/t10-,12-,13+,14-,15-/m1/s1. The molecular formula is C17H15F5O8. The number of rotatable bonds is 4. The quantitative estimate of drug-likeness (QED) is 0.401. The lowest BCUT2D eigenvalue weighted by Gasteiger charge is -2.39. The Hall–Kier alpha value is -2.32. The second-order valence-corrected chi connectivity index (χ2v) is 6.52. The molecule has 0 amide bonds. The second kappa shape index (κ2) is 7.74. The van der Waals surface area contributed by atoms with Crippen molar-refractivity contribution in [1.29, 1.82) is 0 Å². The summed E-state index contributed by atoms with van der Waals surface area (Å²) < 4.78 is 80.8. The minimum Gasteiger partial charge on any atom is -0.462 e. The van der Waals surface area contributed by atoms with Gasteiger partial charge in [0.05, 0.1) is 6.61 Å². The normalized spacial score (nSPS) is 28.0. The van der Waals surface area contributed by atoms with E-state index in [0.717, 1.165) is 18.2 Å². The first-order valence-electron chi connectivity index (χ1n) is 8.37. The largest absolute Gasteiger partial charge is 0.462 e. The van der Waals surface area contributed by atoms with Crippen LogP contribution in [-0.2, 0) is 10.7 Å². The number of aliphatic hydroxyl groups excluding tert-OH is 4. The molecule has 2 heterocycles. The van der Waals surface area contributed by atoms with E-state index in [2.05, 4.69) is 4.42 Å². The summed E-state index contributed by atoms with van der Waals surface area (Å²) >= 11 is 0. The molecule has 1 fully saturated rings. The van der Waals surface area contributed by atoms with Gasteiger partial charge in [0, 0.05) is 23.1 Å². The Kier molecular flexibility index (Phi) is 5.77. The molecule has 4 N–H and O–H groups in total. The zero-order valence-corrected chi connectivity index (χ0v) is 14.7. The van der Waals surface area contributed by atoms with Gasteiger partial charge in [0.25, 0.3) is 0 Å². The highest BCUT2D eigenvalue weighted by molar-refractivity contribution is 5.82. The SMILES string of the molecule is O=c1cc(C(F)(F)C(F)(F)F)c2ccc(O[C@@H]3O[C@H](CO)[C@@H](O)[C@H](O)[C@H]3O)cc2o1. The number of halogens is 5. The van der Waals surface area contributed by atoms with Gasteiger partial charge in [-0.2, -0.15) is 22.0 Å². The van der Waals surface area contributed by atoms with Gasteiger partial charge in [-0.15, -0.1) is 0 Å². The molecular weight excluding hydrogens is 427 g/mol. The number of hydrogen-bond donors (Lipinski definition) is 4. The van der Waals surface area contributed by atoms with Gasteiger partial charge >= 0.3 is 17.7 Å². The van der Waals surface area contributed by atoms with E-state index in [1.165, 1.54) is 0 Å². The molecule has 13 heteroatoms. The molecule has 1 aromatic heterocycles. The summed E-state index contributed by atoms with van der Waals surface area (Å²) in [7, 11) is 0. The molecule has 1 aliphatic heterocycles. The van der Waals surface area contributed by atoms with Crippen LogP contribution in [0.4, 0.5) is 22.0 Å². The number of aliphatic hydroxyl groups is 4. The molecule has 0 spiro atoms. The Morgan fingerprint density at radius 1 is 1.00 bits per heavy atom. The van der Waals surface area contributed by atoms with Crippen molar-refractivity contribution in [2.75, 3.05) is 6.61 Å². The molecule has 1 aromatic carbocycles. The van der Waals surface area contributed by atoms with Crippen LogP contribution in [0.5, 0.6) is 5.75 Å². The van der Waals surface area contributed by atoms with Gasteiger partial charge in [-0.05, 0) is 12.1 Å². The fourth-order valence-electron chi connectivity index (χ4n) is 2.93. The van der Waals surface area contributed by atoms with E-state index in [1.807, 2.05) is 0 Å². The second-order valence-electron chi connectivity index (χ2n) is 6.52. The van der Waals surface area contributed by atoms with Crippen molar-refractivity contribution in [3.05, 3.63) is 40.2 Å². The number of fused-ring (bicyclic) bond motifs is 1. The van der Waals surface area contributed by atoms with Gasteiger partial charge in [0.2, 0.25) is 6.29 Å². The van der Waals surface area contributed by atoms with Crippen LogP contribution in [0.2, 0.25) is 0 Å². The van der Waals surface area contributed by atoms with Gasteiger partial charge in [-0.1, -0.05) is 0 Å². The van der Waals surface area contributed by atoms with Crippen molar-refractivity contribution in [3.8, 4) is 5.75 Å². The predicted molar refractivity (Wildman–Crippen MR) is 86.8 cm³/mol. The van der Waals surface area contributed by atoms with Crippen molar-refractivity contribution in [2.45, 2.75) is 42.8 Å². The summed E-state index contributed by atoms with van der Waals surface area (Å²) in [5, 5.41) is 37.8. The predicted octanol–water partition coefficient (Wildman–Crippen LogP) is 0.626. The summed E-state index contributed by atoms with van der Waals surface area (Å²) in [5.74, 6) is -5.62. The highest BCUT2D eigenvalue weighted by Crippen LogP contribution is 2.46. The van der Waals surface area contributed by atoms with E-state index in [4.69, 9.17) is 14.6 Å². The lowest BCUT2D eigenvalue weighted by atomic mass is 9.99. The summed E-state index contributed by atoms with van der Waals surface area (Å²) in [4.78, 5) is 11.5. The first kappa shape index (κ1) is 22.4. The van der Waals surface area contributed by atoms with Crippen LogP contribution in [0.1, 0.15) is 5.56 Å². The monoisotopic (exact) mass is 442 g/mol. The van der Waals surface area contributed by atoms with E-state index in [-0.39, 0.29) is 11.8 Å². The van der Waals surface area contributed by atoms with Crippen molar-refractivity contribution in [1.82, 2.24) is 0 Å². The first-order chi connectivity index (χ1) is 13.9. The zero-order valence-electron chi connectivity index (χ0n) is 14.7. The van der Waals surface area contributed by atoms with Crippen LogP contribution in [0, 0.1) is 0 Å². The van der Waals surface area contributed by atoms with Gasteiger partial charge in [0.15, 0.2) is 0 Å².